The fourth-order valence-corrected chi connectivity index (χ4v) is 0.899. The molecule has 0 fully saturated rings. The molecule has 0 saturated carbocycles. The van der Waals surface area contributed by atoms with Crippen LogP contribution >= 0.6 is 0 Å². The molecule has 0 unspecified atom stereocenters. The van der Waals surface area contributed by atoms with Gasteiger partial charge in [-0.15, -0.1) is 0 Å². The molecule has 0 N–H and O–H groups in total. The van der Waals surface area contributed by atoms with Gasteiger partial charge in [0.2, 0.25) is 0 Å². The maximum atomic E-state index is 2.46. The Morgan fingerprint density at radius 3 is 2.62 bits per heavy atom. The predicted octanol–water partition coefficient (Wildman–Crippen LogP) is 2.25. The summed E-state index contributed by atoms with van der Waals surface area (Å²) >= 11 is 2.46. The second-order valence-electron chi connectivity index (χ2n) is 1.88. The Morgan fingerprint density at radius 1 is 1.38 bits per heavy atom. The van der Waals surface area contributed by atoms with E-state index < -0.39 is 0 Å². The number of rotatable bonds is 4. The van der Waals surface area contributed by atoms with E-state index in [4.69, 9.17) is 0 Å². The summed E-state index contributed by atoms with van der Waals surface area (Å²) in [4.78, 5) is 2.06. The quantitative estimate of drug-likeness (QED) is 0.450. The summed E-state index contributed by atoms with van der Waals surface area (Å²) in [5.41, 5.74) is 0. The molecule has 0 nitrogen and oxygen atoms in total. The SMILES string of the molecule is CCCCC/C=C/[As]. The molecule has 1 heteroatoms. The Hall–Kier alpha value is 0.298. The first-order valence-corrected chi connectivity index (χ1v) is 4.29. The van der Waals surface area contributed by atoms with Gasteiger partial charge in [0.1, 0.15) is 0 Å². The van der Waals surface area contributed by atoms with Crippen molar-refractivity contribution in [3.05, 3.63) is 10.9 Å². The summed E-state index contributed by atoms with van der Waals surface area (Å²) in [6.07, 6.45) is 7.51. The van der Waals surface area contributed by atoms with Crippen LogP contribution in [0.3, 0.4) is 0 Å². The number of hydrogen-bond acceptors (Lipinski definition) is 0. The molecule has 0 rings (SSSR count). The van der Waals surface area contributed by atoms with E-state index in [0.717, 1.165) is 0 Å². The van der Waals surface area contributed by atoms with Gasteiger partial charge in [0.25, 0.3) is 0 Å². The summed E-state index contributed by atoms with van der Waals surface area (Å²) in [6, 6.07) is 0. The van der Waals surface area contributed by atoms with Gasteiger partial charge in [-0.2, -0.15) is 0 Å². The second-order valence-corrected chi connectivity index (χ2v) is 2.51. The first-order chi connectivity index (χ1) is 3.91. The van der Waals surface area contributed by atoms with Gasteiger partial charge in [0, 0.05) is 0 Å². The van der Waals surface area contributed by atoms with Gasteiger partial charge in [0.15, 0.2) is 0 Å². The van der Waals surface area contributed by atoms with Crippen molar-refractivity contribution in [1.82, 2.24) is 0 Å². The van der Waals surface area contributed by atoms with Crippen molar-refractivity contribution >= 4 is 16.9 Å². The van der Waals surface area contributed by atoms with Crippen LogP contribution < -0.4 is 0 Å². The zero-order valence-corrected chi connectivity index (χ0v) is 7.31. The molecule has 0 aromatic heterocycles. The summed E-state index contributed by atoms with van der Waals surface area (Å²) in [5.74, 6) is 0. The molecule has 0 aromatic carbocycles. The van der Waals surface area contributed by atoms with Crippen molar-refractivity contribution in [1.29, 1.82) is 0 Å². The Labute approximate surface area is 60.9 Å². The van der Waals surface area contributed by atoms with Crippen LogP contribution in [-0.2, 0) is 0 Å². The fourth-order valence-electron chi connectivity index (χ4n) is 0.587. The van der Waals surface area contributed by atoms with Crippen LogP contribution in [0, 0.1) is 0 Å². The average Bonchev–Trinajstić information content (AvgIpc) is 1.81. The summed E-state index contributed by atoms with van der Waals surface area (Å²) in [7, 11) is 0. The first kappa shape index (κ1) is 8.30. The average molecular weight is 172 g/mol. The predicted molar refractivity (Wildman–Crippen MR) is 39.0 cm³/mol. The monoisotopic (exact) mass is 172 g/mol. The second kappa shape index (κ2) is 7.30. The summed E-state index contributed by atoms with van der Waals surface area (Å²) in [5, 5.41) is 0. The molecule has 0 aliphatic carbocycles. The molecule has 8 heavy (non-hydrogen) atoms. The van der Waals surface area contributed by atoms with E-state index in [1.54, 1.807) is 0 Å². The molecule has 0 amide bonds. The van der Waals surface area contributed by atoms with E-state index in [9.17, 15) is 0 Å². The number of hydrogen-bond donors (Lipinski definition) is 0. The Balaban J connectivity index is 2.72. The molecule has 0 aliphatic heterocycles. The van der Waals surface area contributed by atoms with Crippen LogP contribution in [0.25, 0.3) is 0 Å². The molecule has 46 valence electrons. The molecule has 0 saturated heterocycles. The number of unbranched alkanes of at least 4 members (excludes halogenated alkanes) is 3. The van der Waals surface area contributed by atoms with Crippen molar-refractivity contribution in [2.45, 2.75) is 32.6 Å². The van der Waals surface area contributed by atoms with Gasteiger partial charge >= 0.3 is 60.4 Å². The molecular formula is C7H13As. The van der Waals surface area contributed by atoms with E-state index in [-0.39, 0.29) is 0 Å². The minimum absolute atomic E-state index is 1.25. The van der Waals surface area contributed by atoms with Gasteiger partial charge in [-0.3, -0.25) is 0 Å². The zero-order valence-electron chi connectivity index (χ0n) is 5.43. The van der Waals surface area contributed by atoms with E-state index in [1.165, 1.54) is 25.7 Å². The van der Waals surface area contributed by atoms with Gasteiger partial charge in [0.05, 0.1) is 0 Å². The molecule has 0 spiro atoms. The third kappa shape index (κ3) is 6.30. The topological polar surface area (TPSA) is 0 Å². The summed E-state index contributed by atoms with van der Waals surface area (Å²) < 4.78 is 0. The van der Waals surface area contributed by atoms with Crippen LogP contribution in [0.1, 0.15) is 32.6 Å². The van der Waals surface area contributed by atoms with E-state index in [0.29, 0.717) is 0 Å². The van der Waals surface area contributed by atoms with Crippen molar-refractivity contribution in [3.8, 4) is 0 Å². The molecule has 0 bridgehead atoms. The van der Waals surface area contributed by atoms with E-state index in [1.807, 2.05) is 0 Å². The molecular weight excluding hydrogens is 159 g/mol. The van der Waals surface area contributed by atoms with E-state index >= 15 is 0 Å². The van der Waals surface area contributed by atoms with Crippen molar-refractivity contribution in [3.63, 3.8) is 0 Å². The normalized spacial score (nSPS) is 10.8. The molecule has 2 radical (unpaired) electrons. The van der Waals surface area contributed by atoms with Gasteiger partial charge in [-0.25, -0.2) is 0 Å². The van der Waals surface area contributed by atoms with Gasteiger partial charge < -0.3 is 0 Å². The van der Waals surface area contributed by atoms with Gasteiger partial charge in [-0.05, 0) is 0 Å². The Morgan fingerprint density at radius 2 is 2.12 bits per heavy atom. The van der Waals surface area contributed by atoms with Crippen LogP contribution in [0.2, 0.25) is 0 Å². The standard InChI is InChI=1S/C7H13As/c1-2-3-4-5-6-7-8/h6-7H,2-5H2,1H3/b7-6+. The van der Waals surface area contributed by atoms with Gasteiger partial charge in [-0.1, -0.05) is 0 Å². The van der Waals surface area contributed by atoms with Crippen LogP contribution in [0.5, 0.6) is 0 Å². The van der Waals surface area contributed by atoms with Crippen molar-refractivity contribution in [2.75, 3.05) is 0 Å². The molecule has 0 heterocycles. The molecule has 0 atom stereocenters. The molecule has 0 aliphatic rings. The first-order valence-electron chi connectivity index (χ1n) is 3.21. The maximum absolute atomic E-state index is 2.46. The molecule has 0 aromatic rings. The Bertz CT molecular complexity index is 57.4. The fraction of sp³-hybridized carbons (Fsp3) is 0.714. The number of allylic oxidation sites excluding steroid dienone is 1. The van der Waals surface area contributed by atoms with Crippen LogP contribution in [0.15, 0.2) is 10.9 Å². The minimum atomic E-state index is 1.25. The van der Waals surface area contributed by atoms with E-state index in [2.05, 4.69) is 34.7 Å². The van der Waals surface area contributed by atoms with Crippen LogP contribution in [0.4, 0.5) is 0 Å². The van der Waals surface area contributed by atoms with Crippen LogP contribution in [-0.4, -0.2) is 16.9 Å². The third-order valence-electron chi connectivity index (χ3n) is 1.08. The van der Waals surface area contributed by atoms with Crippen molar-refractivity contribution in [2.24, 2.45) is 0 Å². The third-order valence-corrected chi connectivity index (χ3v) is 1.52. The Kier molecular flexibility index (Phi) is 7.57. The summed E-state index contributed by atoms with van der Waals surface area (Å²) in [6.45, 7) is 2.23. The van der Waals surface area contributed by atoms with Crippen molar-refractivity contribution < 1.29 is 0 Å². The zero-order chi connectivity index (χ0) is 6.24.